The Labute approximate surface area is 98.4 Å². The highest BCUT2D eigenvalue weighted by Crippen LogP contribution is 2.25. The van der Waals surface area contributed by atoms with Gasteiger partial charge in [-0.05, 0) is 23.6 Å². The molecule has 0 radical (unpaired) electrons. The summed E-state index contributed by atoms with van der Waals surface area (Å²) in [6, 6.07) is 8.75. The molecule has 0 aliphatic rings. The van der Waals surface area contributed by atoms with Crippen LogP contribution in [0.2, 0.25) is 5.02 Å². The van der Waals surface area contributed by atoms with E-state index in [9.17, 15) is 10.0 Å². The Kier molecular flexibility index (Phi) is 3.05. The number of fused-ring (bicyclic) bond motifs is 1. The van der Waals surface area contributed by atoms with Gasteiger partial charge in [0.2, 0.25) is 0 Å². The Morgan fingerprint density at radius 1 is 1.12 bits per heavy atom. The predicted octanol–water partition coefficient (Wildman–Crippen LogP) is 1.18. The van der Waals surface area contributed by atoms with E-state index in [0.717, 1.165) is 5.39 Å². The van der Waals surface area contributed by atoms with Gasteiger partial charge in [0.15, 0.2) is 0 Å². The van der Waals surface area contributed by atoms with Crippen molar-refractivity contribution in [2.75, 3.05) is 7.11 Å². The normalized spacial score (nSPS) is 10.5. The van der Waals surface area contributed by atoms with E-state index in [4.69, 9.17) is 16.3 Å². The van der Waals surface area contributed by atoms with Crippen molar-refractivity contribution in [3.63, 3.8) is 0 Å². The smallest absolute Gasteiger partial charge is 0.492 e. The fourth-order valence-corrected chi connectivity index (χ4v) is 2.00. The molecular formula is C11H10BClO3. The second kappa shape index (κ2) is 4.33. The number of ether oxygens (including phenoxy) is 1. The number of rotatable bonds is 2. The zero-order chi connectivity index (χ0) is 11.7. The molecule has 2 N–H and O–H groups in total. The first-order valence-corrected chi connectivity index (χ1v) is 5.14. The zero-order valence-electron chi connectivity index (χ0n) is 8.64. The van der Waals surface area contributed by atoms with Crippen LogP contribution < -0.4 is 10.2 Å². The van der Waals surface area contributed by atoms with E-state index in [1.54, 1.807) is 30.3 Å². The fourth-order valence-electron chi connectivity index (χ4n) is 1.77. The van der Waals surface area contributed by atoms with E-state index in [1.165, 1.54) is 7.11 Å². The van der Waals surface area contributed by atoms with Crippen molar-refractivity contribution in [3.05, 3.63) is 35.4 Å². The summed E-state index contributed by atoms with van der Waals surface area (Å²) in [4.78, 5) is 0. The van der Waals surface area contributed by atoms with Crippen molar-refractivity contribution < 1.29 is 14.8 Å². The average molecular weight is 236 g/mol. The van der Waals surface area contributed by atoms with Gasteiger partial charge >= 0.3 is 7.12 Å². The van der Waals surface area contributed by atoms with Gasteiger partial charge in [-0.1, -0.05) is 23.7 Å². The zero-order valence-corrected chi connectivity index (χ0v) is 9.40. The number of hydrogen-bond acceptors (Lipinski definition) is 3. The molecular weight excluding hydrogens is 226 g/mol. The highest BCUT2D eigenvalue weighted by Gasteiger charge is 2.20. The van der Waals surface area contributed by atoms with Crippen LogP contribution in [0.25, 0.3) is 10.8 Å². The first-order valence-electron chi connectivity index (χ1n) is 4.76. The number of hydrogen-bond donors (Lipinski definition) is 2. The topological polar surface area (TPSA) is 49.7 Å². The van der Waals surface area contributed by atoms with Crippen LogP contribution in [0.1, 0.15) is 0 Å². The van der Waals surface area contributed by atoms with E-state index in [-0.39, 0.29) is 0 Å². The molecule has 82 valence electrons. The number of benzene rings is 2. The Bertz CT molecular complexity index is 528. The molecule has 0 fully saturated rings. The third-order valence-electron chi connectivity index (χ3n) is 2.49. The average Bonchev–Trinajstić information content (AvgIpc) is 2.27. The number of methoxy groups -OCH3 is 1. The van der Waals surface area contributed by atoms with Crippen LogP contribution >= 0.6 is 11.6 Å². The van der Waals surface area contributed by atoms with Gasteiger partial charge in [0.25, 0.3) is 0 Å². The fraction of sp³-hybridized carbons (Fsp3) is 0.0909. The summed E-state index contributed by atoms with van der Waals surface area (Å²) in [5.41, 5.74) is 0.336. The minimum atomic E-state index is -1.59. The third-order valence-corrected chi connectivity index (χ3v) is 2.82. The standard InChI is InChI=1S/C11H10BClO3/c1-16-10-6-5-7-8(11(10)12(14)15)3-2-4-9(7)13/h2-6,14-15H,1H3. The lowest BCUT2D eigenvalue weighted by atomic mass is 9.76. The first-order chi connectivity index (χ1) is 7.65. The Balaban J connectivity index is 2.84. The maximum atomic E-state index is 9.36. The molecule has 0 amide bonds. The van der Waals surface area contributed by atoms with Crippen LogP contribution in [0.3, 0.4) is 0 Å². The maximum Gasteiger partial charge on any atom is 0.492 e. The summed E-state index contributed by atoms with van der Waals surface area (Å²) in [6.45, 7) is 0. The largest absolute Gasteiger partial charge is 0.497 e. The minimum Gasteiger partial charge on any atom is -0.497 e. The van der Waals surface area contributed by atoms with Gasteiger partial charge in [0, 0.05) is 15.9 Å². The van der Waals surface area contributed by atoms with Crippen LogP contribution in [-0.4, -0.2) is 24.3 Å². The molecule has 0 atom stereocenters. The summed E-state index contributed by atoms with van der Waals surface area (Å²) in [6.07, 6.45) is 0. The molecule has 0 bridgehead atoms. The molecule has 2 aromatic carbocycles. The maximum absolute atomic E-state index is 9.36. The van der Waals surface area contributed by atoms with Gasteiger partial charge in [-0.15, -0.1) is 0 Å². The first kappa shape index (κ1) is 11.3. The van der Waals surface area contributed by atoms with Gasteiger partial charge in [0.1, 0.15) is 5.75 Å². The molecule has 0 unspecified atom stereocenters. The monoisotopic (exact) mass is 236 g/mol. The van der Waals surface area contributed by atoms with E-state index in [1.807, 2.05) is 0 Å². The molecule has 0 saturated carbocycles. The second-order valence-corrected chi connectivity index (χ2v) is 3.80. The van der Waals surface area contributed by atoms with Gasteiger partial charge in [-0.25, -0.2) is 0 Å². The lowest BCUT2D eigenvalue weighted by Gasteiger charge is -2.11. The van der Waals surface area contributed by atoms with Gasteiger partial charge in [-0.2, -0.15) is 0 Å². The minimum absolute atomic E-state index is 0.336. The highest BCUT2D eigenvalue weighted by molar-refractivity contribution is 6.63. The van der Waals surface area contributed by atoms with Crippen LogP contribution in [0.15, 0.2) is 30.3 Å². The summed E-state index contributed by atoms with van der Waals surface area (Å²) in [7, 11) is -0.102. The van der Waals surface area contributed by atoms with Crippen LogP contribution in [0.4, 0.5) is 0 Å². The van der Waals surface area contributed by atoms with E-state index < -0.39 is 7.12 Å². The molecule has 16 heavy (non-hydrogen) atoms. The second-order valence-electron chi connectivity index (χ2n) is 3.39. The van der Waals surface area contributed by atoms with Crippen LogP contribution in [0, 0.1) is 0 Å². The van der Waals surface area contributed by atoms with Crippen molar-refractivity contribution in [2.24, 2.45) is 0 Å². The number of halogens is 1. The lowest BCUT2D eigenvalue weighted by Crippen LogP contribution is -2.32. The Morgan fingerprint density at radius 3 is 2.50 bits per heavy atom. The molecule has 2 aromatic rings. The Morgan fingerprint density at radius 2 is 1.88 bits per heavy atom. The van der Waals surface area contributed by atoms with Gasteiger partial charge in [0.05, 0.1) is 7.11 Å². The van der Waals surface area contributed by atoms with Crippen molar-refractivity contribution >= 4 is 35.0 Å². The third kappa shape index (κ3) is 1.75. The van der Waals surface area contributed by atoms with Crippen LogP contribution in [-0.2, 0) is 0 Å². The highest BCUT2D eigenvalue weighted by atomic mass is 35.5. The van der Waals surface area contributed by atoms with Crippen LogP contribution in [0.5, 0.6) is 5.75 Å². The van der Waals surface area contributed by atoms with Crippen molar-refractivity contribution in [1.82, 2.24) is 0 Å². The molecule has 2 rings (SSSR count). The molecule has 0 heterocycles. The molecule has 0 spiro atoms. The van der Waals surface area contributed by atoms with Gasteiger partial charge < -0.3 is 14.8 Å². The molecule has 0 aliphatic carbocycles. The summed E-state index contributed by atoms with van der Waals surface area (Å²) < 4.78 is 5.09. The van der Waals surface area contributed by atoms with Gasteiger partial charge in [-0.3, -0.25) is 0 Å². The van der Waals surface area contributed by atoms with Crippen molar-refractivity contribution in [2.45, 2.75) is 0 Å². The molecule has 0 saturated heterocycles. The molecule has 0 aromatic heterocycles. The molecule has 0 aliphatic heterocycles. The molecule has 3 nitrogen and oxygen atoms in total. The summed E-state index contributed by atoms with van der Waals surface area (Å²) in [5, 5.41) is 20.7. The SMILES string of the molecule is COc1ccc2c(Cl)cccc2c1B(O)O. The Hall–Kier alpha value is -1.23. The summed E-state index contributed by atoms with van der Waals surface area (Å²) in [5.74, 6) is 0.435. The van der Waals surface area contributed by atoms with E-state index >= 15 is 0 Å². The molecule has 5 heteroatoms. The lowest BCUT2D eigenvalue weighted by molar-refractivity contribution is 0.404. The van der Waals surface area contributed by atoms with Crippen molar-refractivity contribution in [3.8, 4) is 5.75 Å². The van der Waals surface area contributed by atoms with Crippen molar-refractivity contribution in [1.29, 1.82) is 0 Å². The van der Waals surface area contributed by atoms with E-state index in [2.05, 4.69) is 0 Å². The summed E-state index contributed by atoms with van der Waals surface area (Å²) >= 11 is 6.03. The quantitative estimate of drug-likeness (QED) is 0.770. The van der Waals surface area contributed by atoms with E-state index in [0.29, 0.717) is 21.6 Å². The predicted molar refractivity (Wildman–Crippen MR) is 65.3 cm³/mol.